The molecule has 4 aromatic rings. The number of benzene rings is 2. The lowest BCUT2D eigenvalue weighted by atomic mass is 10.1. The maximum atomic E-state index is 13.6. The monoisotopic (exact) mass is 480 g/mol. The highest BCUT2D eigenvalue weighted by molar-refractivity contribution is 7.94. The Morgan fingerprint density at radius 3 is 2.39 bits per heavy atom. The normalized spacial score (nSPS) is 17.2. The summed E-state index contributed by atoms with van der Waals surface area (Å²) in [5.74, 6) is 1.09. The molecular formula is C22H17ClN6O3S. The Kier molecular flexibility index (Phi) is 5.53. The van der Waals surface area contributed by atoms with Gasteiger partial charge in [-0.05, 0) is 42.0 Å². The number of halogens is 1. The number of ether oxygens (including phenoxy) is 1. The first-order valence-corrected chi connectivity index (χ1v) is 11.7. The van der Waals surface area contributed by atoms with Crippen LogP contribution in [0.5, 0.6) is 11.6 Å². The second kappa shape index (κ2) is 8.64. The quantitative estimate of drug-likeness (QED) is 0.425. The summed E-state index contributed by atoms with van der Waals surface area (Å²) >= 11 is 6.04. The van der Waals surface area contributed by atoms with Crippen molar-refractivity contribution in [2.75, 3.05) is 15.2 Å². The van der Waals surface area contributed by atoms with E-state index in [9.17, 15) is 8.42 Å². The van der Waals surface area contributed by atoms with Gasteiger partial charge < -0.3 is 4.74 Å². The van der Waals surface area contributed by atoms with E-state index in [1.165, 1.54) is 39.6 Å². The second-order valence-corrected chi connectivity index (χ2v) is 9.28. The predicted molar refractivity (Wildman–Crippen MR) is 124 cm³/mol. The minimum absolute atomic E-state index is 0.137. The fourth-order valence-corrected chi connectivity index (χ4v) is 5.51. The minimum atomic E-state index is -3.96. The van der Waals surface area contributed by atoms with Crippen molar-refractivity contribution in [1.82, 2.24) is 19.9 Å². The summed E-state index contributed by atoms with van der Waals surface area (Å²) in [6.07, 6.45) is 8.96. The van der Waals surface area contributed by atoms with Crippen LogP contribution in [0.2, 0.25) is 5.02 Å². The first kappa shape index (κ1) is 21.1. The molecule has 1 aliphatic heterocycles. The van der Waals surface area contributed by atoms with Crippen molar-refractivity contribution in [2.45, 2.75) is 6.04 Å². The van der Waals surface area contributed by atoms with Gasteiger partial charge in [0.25, 0.3) is 0 Å². The third-order valence-corrected chi connectivity index (χ3v) is 7.15. The highest BCUT2D eigenvalue weighted by atomic mass is 35.5. The maximum absolute atomic E-state index is 13.6. The molecule has 0 spiro atoms. The lowest BCUT2D eigenvalue weighted by Gasteiger charge is -2.24. The Balaban J connectivity index is 1.57. The molecule has 0 bridgehead atoms. The van der Waals surface area contributed by atoms with Gasteiger partial charge in [0.2, 0.25) is 5.88 Å². The molecule has 5 rings (SSSR count). The van der Waals surface area contributed by atoms with Gasteiger partial charge in [0.15, 0.2) is 5.82 Å². The van der Waals surface area contributed by atoms with Crippen molar-refractivity contribution in [3.8, 4) is 11.6 Å². The van der Waals surface area contributed by atoms with E-state index in [1.54, 1.807) is 48.7 Å². The third kappa shape index (κ3) is 4.18. The van der Waals surface area contributed by atoms with Crippen LogP contribution in [-0.2, 0) is 10.2 Å². The van der Waals surface area contributed by atoms with Crippen molar-refractivity contribution in [3.63, 3.8) is 0 Å². The van der Waals surface area contributed by atoms with Gasteiger partial charge in [-0.3, -0.25) is 9.97 Å². The van der Waals surface area contributed by atoms with Gasteiger partial charge in [0, 0.05) is 29.8 Å². The third-order valence-electron chi connectivity index (χ3n) is 5.04. The van der Waals surface area contributed by atoms with Gasteiger partial charge in [0.05, 0.1) is 30.7 Å². The molecule has 0 aliphatic carbocycles. The highest BCUT2D eigenvalue weighted by Crippen LogP contribution is 2.41. The summed E-state index contributed by atoms with van der Waals surface area (Å²) in [6.45, 7) is 0.137. The summed E-state index contributed by atoms with van der Waals surface area (Å²) in [5, 5.41) is 0.511. The van der Waals surface area contributed by atoms with Gasteiger partial charge in [-0.25, -0.2) is 18.6 Å². The highest BCUT2D eigenvalue weighted by Gasteiger charge is 2.45. The average Bonchev–Trinajstić information content (AvgIpc) is 3.12. The SMILES string of the molecule is O=S1(=O)N(c2cnccn2)CC(c2cccc(Oc3cnccn3)c2)N1c1ccc(Cl)cc1. The van der Waals surface area contributed by atoms with E-state index in [1.807, 2.05) is 6.07 Å². The molecule has 2 aromatic heterocycles. The van der Waals surface area contributed by atoms with Crippen molar-refractivity contribution in [3.05, 3.63) is 96.3 Å². The first-order chi connectivity index (χ1) is 16.0. The molecule has 1 aliphatic rings. The van der Waals surface area contributed by atoms with Crippen LogP contribution in [0, 0.1) is 0 Å². The Hall–Kier alpha value is -3.76. The number of nitrogens with zero attached hydrogens (tertiary/aromatic N) is 6. The fourth-order valence-electron chi connectivity index (χ4n) is 3.61. The van der Waals surface area contributed by atoms with Crippen LogP contribution in [0.3, 0.4) is 0 Å². The van der Waals surface area contributed by atoms with E-state index in [0.717, 1.165) is 5.56 Å². The van der Waals surface area contributed by atoms with Gasteiger partial charge in [0.1, 0.15) is 5.75 Å². The summed E-state index contributed by atoms with van der Waals surface area (Å²) in [7, 11) is -3.96. The predicted octanol–water partition coefficient (Wildman–Crippen LogP) is 4.03. The molecule has 2 aromatic carbocycles. The molecule has 0 amide bonds. The molecule has 9 nitrogen and oxygen atoms in total. The van der Waals surface area contributed by atoms with E-state index >= 15 is 0 Å². The summed E-state index contributed by atoms with van der Waals surface area (Å²) in [6, 6.07) is 13.3. The van der Waals surface area contributed by atoms with Crippen molar-refractivity contribution in [2.24, 2.45) is 0 Å². The molecule has 0 saturated carbocycles. The molecular weight excluding hydrogens is 464 g/mol. The number of anilines is 2. The molecule has 0 N–H and O–H groups in total. The van der Waals surface area contributed by atoms with Crippen LogP contribution in [0.4, 0.5) is 11.5 Å². The topological polar surface area (TPSA) is 101 Å². The molecule has 11 heteroatoms. The molecule has 1 fully saturated rings. The molecule has 1 unspecified atom stereocenters. The second-order valence-electron chi connectivity index (χ2n) is 7.11. The van der Waals surface area contributed by atoms with Crippen molar-refractivity contribution < 1.29 is 13.2 Å². The van der Waals surface area contributed by atoms with Crippen LogP contribution in [0.1, 0.15) is 11.6 Å². The maximum Gasteiger partial charge on any atom is 0.328 e. The van der Waals surface area contributed by atoms with Crippen LogP contribution < -0.4 is 13.3 Å². The molecule has 3 heterocycles. The van der Waals surface area contributed by atoms with E-state index in [-0.39, 0.29) is 12.4 Å². The smallest absolute Gasteiger partial charge is 0.328 e. The number of hydrogen-bond donors (Lipinski definition) is 0. The Labute approximate surface area is 195 Å². The molecule has 1 atom stereocenters. The number of rotatable bonds is 5. The first-order valence-electron chi connectivity index (χ1n) is 9.90. The Morgan fingerprint density at radius 1 is 0.939 bits per heavy atom. The summed E-state index contributed by atoms with van der Waals surface area (Å²) < 4.78 is 35.7. The van der Waals surface area contributed by atoms with E-state index in [4.69, 9.17) is 16.3 Å². The number of hydrogen-bond acceptors (Lipinski definition) is 7. The largest absolute Gasteiger partial charge is 0.437 e. The minimum Gasteiger partial charge on any atom is -0.437 e. The van der Waals surface area contributed by atoms with Crippen LogP contribution in [-0.4, -0.2) is 34.9 Å². The average molecular weight is 481 g/mol. The zero-order valence-corrected chi connectivity index (χ0v) is 18.6. The lowest BCUT2D eigenvalue weighted by molar-refractivity contribution is 0.459. The number of aromatic nitrogens is 4. The Morgan fingerprint density at radius 2 is 1.70 bits per heavy atom. The van der Waals surface area contributed by atoms with E-state index < -0.39 is 16.3 Å². The zero-order valence-electron chi connectivity index (χ0n) is 17.1. The molecule has 33 heavy (non-hydrogen) atoms. The summed E-state index contributed by atoms with van der Waals surface area (Å²) in [4.78, 5) is 16.3. The van der Waals surface area contributed by atoms with E-state index in [0.29, 0.717) is 22.3 Å². The standard InChI is InChI=1S/C22H17ClN6O3S/c23-17-4-6-18(7-5-17)29-20(15-28(33(29,30)31)21-13-24-8-10-26-21)16-2-1-3-19(12-16)32-22-14-25-9-11-27-22/h1-14,20H,15H2. The van der Waals surface area contributed by atoms with Crippen LogP contribution in [0.15, 0.2) is 85.7 Å². The molecule has 166 valence electrons. The summed E-state index contributed by atoms with van der Waals surface area (Å²) in [5.41, 5.74) is 1.22. The van der Waals surface area contributed by atoms with Gasteiger partial charge >= 0.3 is 10.2 Å². The zero-order chi connectivity index (χ0) is 22.8. The Bertz CT molecular complexity index is 1360. The van der Waals surface area contributed by atoms with Gasteiger partial charge in [-0.2, -0.15) is 8.42 Å². The van der Waals surface area contributed by atoms with Crippen LogP contribution >= 0.6 is 11.6 Å². The lowest BCUT2D eigenvalue weighted by Crippen LogP contribution is -2.34. The van der Waals surface area contributed by atoms with Crippen LogP contribution in [0.25, 0.3) is 0 Å². The van der Waals surface area contributed by atoms with Crippen molar-refractivity contribution in [1.29, 1.82) is 0 Å². The van der Waals surface area contributed by atoms with Gasteiger partial charge in [-0.1, -0.05) is 23.7 Å². The van der Waals surface area contributed by atoms with Gasteiger partial charge in [-0.15, -0.1) is 0 Å². The molecule has 0 radical (unpaired) electrons. The van der Waals surface area contributed by atoms with E-state index in [2.05, 4.69) is 19.9 Å². The molecule has 1 saturated heterocycles. The van der Waals surface area contributed by atoms with Crippen molar-refractivity contribution >= 4 is 33.3 Å². The fraction of sp³-hybridized carbons (Fsp3) is 0.0909.